The van der Waals surface area contributed by atoms with E-state index < -0.39 is 41.3 Å². The summed E-state index contributed by atoms with van der Waals surface area (Å²) in [5.41, 5.74) is 5.69. The molecule has 5 N–H and O–H groups in total. The maximum Gasteiger partial charge on any atom is 0.418 e. The molecular weight excluding hydrogens is 815 g/mol. The zero-order valence-electron chi connectivity index (χ0n) is 34.5. The van der Waals surface area contributed by atoms with Crippen LogP contribution in [-0.2, 0) is 15.8 Å². The van der Waals surface area contributed by atoms with Crippen LogP contribution in [0, 0.1) is 11.7 Å². The normalized spacial score (nSPS) is 22.0. The topological polar surface area (TPSA) is 188 Å². The molecule has 6 heterocycles. The van der Waals surface area contributed by atoms with Crippen molar-refractivity contribution < 1.29 is 36.7 Å². The van der Waals surface area contributed by atoms with Gasteiger partial charge in [-0.2, -0.15) is 18.2 Å². The highest BCUT2D eigenvalue weighted by Gasteiger charge is 2.38. The van der Waals surface area contributed by atoms with Crippen molar-refractivity contribution in [1.29, 1.82) is 0 Å². The maximum absolute atomic E-state index is 15.7. The second kappa shape index (κ2) is 17.8. The molecule has 5 amide bonds. The van der Waals surface area contributed by atoms with Crippen LogP contribution in [0.2, 0.25) is 0 Å². The molecular formula is C41H51F4N13O4. The Morgan fingerprint density at radius 1 is 0.855 bits per heavy atom. The minimum atomic E-state index is -4.61. The molecule has 0 aliphatic carbocycles. The third-order valence-corrected chi connectivity index (χ3v) is 12.6. The van der Waals surface area contributed by atoms with Gasteiger partial charge in [0.05, 0.1) is 17.3 Å². The third-order valence-electron chi connectivity index (χ3n) is 12.6. The number of benzene rings is 2. The Hall–Kier alpha value is -5.99. The summed E-state index contributed by atoms with van der Waals surface area (Å²) in [5, 5.41) is 16.3. The number of nitrogens with zero attached hydrogens (tertiary/aromatic N) is 9. The van der Waals surface area contributed by atoms with E-state index in [0.29, 0.717) is 89.7 Å². The van der Waals surface area contributed by atoms with Gasteiger partial charge in [0, 0.05) is 103 Å². The number of carbonyl (C=O) groups is 4. The molecule has 2 aromatic carbocycles. The second-order valence-corrected chi connectivity index (χ2v) is 16.7. The van der Waals surface area contributed by atoms with Crippen LogP contribution in [0.4, 0.5) is 56.9 Å². The number of alkyl halides is 3. The largest absolute Gasteiger partial charge is 0.418 e. The molecule has 332 valence electrons. The first-order valence-electron chi connectivity index (χ1n) is 21.1. The number of piperidine rings is 3. The van der Waals surface area contributed by atoms with Crippen molar-refractivity contribution in [3.05, 3.63) is 53.5 Å². The Labute approximate surface area is 355 Å². The van der Waals surface area contributed by atoms with E-state index in [2.05, 4.69) is 36.0 Å². The van der Waals surface area contributed by atoms with Crippen LogP contribution in [0.3, 0.4) is 0 Å². The lowest BCUT2D eigenvalue weighted by Gasteiger charge is -2.40. The van der Waals surface area contributed by atoms with E-state index in [1.807, 2.05) is 14.7 Å². The number of urea groups is 1. The molecule has 1 unspecified atom stereocenters. The number of aromatic nitrogens is 3. The lowest BCUT2D eigenvalue weighted by molar-refractivity contribution is -0.137. The smallest absolute Gasteiger partial charge is 0.374 e. The van der Waals surface area contributed by atoms with Crippen molar-refractivity contribution in [2.75, 3.05) is 104 Å². The van der Waals surface area contributed by atoms with Crippen LogP contribution in [-0.4, -0.2) is 145 Å². The van der Waals surface area contributed by atoms with Crippen molar-refractivity contribution in [1.82, 2.24) is 35.2 Å². The number of rotatable bonds is 11. The maximum atomic E-state index is 15.7. The number of amides is 5. The van der Waals surface area contributed by atoms with Gasteiger partial charge in [-0.05, 0) is 74.4 Å². The van der Waals surface area contributed by atoms with E-state index in [1.165, 1.54) is 12.1 Å². The monoisotopic (exact) mass is 865 g/mol. The van der Waals surface area contributed by atoms with Crippen LogP contribution in [0.15, 0.2) is 36.4 Å². The van der Waals surface area contributed by atoms with Crippen LogP contribution >= 0.6 is 0 Å². The van der Waals surface area contributed by atoms with Crippen molar-refractivity contribution in [2.24, 2.45) is 11.7 Å². The average molecular weight is 866 g/mol. The molecule has 3 aromatic rings. The van der Waals surface area contributed by atoms with E-state index >= 15 is 4.39 Å². The first kappa shape index (κ1) is 42.7. The standard InChI is InChI=1S/C41H51F4N13O4/c1-53-15-20-58(40(53)62)28-3-2-12-57(24-28)39-50-37(35(36(46)60)51-52-39)48-27-5-8-33(30(42)22-27)56-18-16-54(17-19-56)23-25-10-13-55(14-11-25)32-7-4-26(21-29(32)41(43,44)45)47-31-6-9-34(59)49-38(31)61/h4-5,7-8,21-22,25,28,31,47H,2-3,6,9-20,23-24H2,1H3,(H2,46,60)(H,48,50,52)(H,49,59,61)/t28-,31?/m1/s1. The molecule has 0 radical (unpaired) electrons. The SMILES string of the molecule is CN1CCN([C@@H]2CCCN(c3nnc(C(N)=O)c(Nc4ccc(N5CCN(CC6CCN(c7ccc(NC8CCC(=O)NC8=O)cc7C(F)(F)F)CC6)CC5)c(F)c4)n3)C2)C1=O. The number of hydrogen-bond donors (Lipinski definition) is 4. The highest BCUT2D eigenvalue weighted by atomic mass is 19.4. The Balaban J connectivity index is 0.837. The van der Waals surface area contributed by atoms with E-state index in [-0.39, 0.29) is 59.7 Å². The van der Waals surface area contributed by atoms with Gasteiger partial charge in [0.15, 0.2) is 11.5 Å². The molecule has 5 aliphatic heterocycles. The number of anilines is 6. The fourth-order valence-corrected chi connectivity index (χ4v) is 9.13. The Morgan fingerprint density at radius 3 is 2.26 bits per heavy atom. The number of piperazine rings is 1. The van der Waals surface area contributed by atoms with Crippen molar-refractivity contribution in [3.63, 3.8) is 0 Å². The molecule has 2 atom stereocenters. The summed E-state index contributed by atoms with van der Waals surface area (Å²) < 4.78 is 58.6. The minimum Gasteiger partial charge on any atom is -0.374 e. The van der Waals surface area contributed by atoms with E-state index in [9.17, 15) is 32.3 Å². The van der Waals surface area contributed by atoms with Gasteiger partial charge in [-0.15, -0.1) is 10.2 Å². The summed E-state index contributed by atoms with van der Waals surface area (Å²) in [6.07, 6.45) is -1.20. The van der Waals surface area contributed by atoms with Gasteiger partial charge in [-0.25, -0.2) is 9.18 Å². The Bertz CT molecular complexity index is 2180. The molecule has 5 saturated heterocycles. The zero-order valence-corrected chi connectivity index (χ0v) is 34.5. The molecule has 17 nitrogen and oxygen atoms in total. The molecule has 5 aliphatic rings. The number of carbonyl (C=O) groups excluding carboxylic acids is 4. The minimum absolute atomic E-state index is 0.0109. The number of hydrogen-bond acceptors (Lipinski definition) is 13. The zero-order chi connectivity index (χ0) is 43.7. The fourth-order valence-electron chi connectivity index (χ4n) is 9.13. The Kier molecular flexibility index (Phi) is 12.2. The number of halogens is 4. The van der Waals surface area contributed by atoms with Crippen LogP contribution in [0.25, 0.3) is 0 Å². The number of nitrogens with two attached hydrogens (primary N) is 1. The van der Waals surface area contributed by atoms with Gasteiger partial charge in [0.1, 0.15) is 11.9 Å². The summed E-state index contributed by atoms with van der Waals surface area (Å²) in [6.45, 7) is 6.71. The van der Waals surface area contributed by atoms with Crippen LogP contribution in [0.1, 0.15) is 54.6 Å². The summed E-state index contributed by atoms with van der Waals surface area (Å²) in [7, 11) is 1.78. The van der Waals surface area contributed by atoms with E-state index in [0.717, 1.165) is 25.5 Å². The van der Waals surface area contributed by atoms with Gasteiger partial charge in [0.2, 0.25) is 17.8 Å². The molecule has 0 saturated carbocycles. The Morgan fingerprint density at radius 2 is 1.58 bits per heavy atom. The summed E-state index contributed by atoms with van der Waals surface area (Å²) in [4.78, 5) is 64.7. The quantitative estimate of drug-likeness (QED) is 0.162. The van der Waals surface area contributed by atoms with Crippen LogP contribution < -0.4 is 36.4 Å². The third kappa shape index (κ3) is 9.41. The number of likely N-dealkylation sites (N-methyl/N-ethyl adjacent to an activating group) is 1. The summed E-state index contributed by atoms with van der Waals surface area (Å²) >= 11 is 0. The van der Waals surface area contributed by atoms with E-state index in [1.54, 1.807) is 35.0 Å². The fraction of sp³-hybridized carbons (Fsp3) is 0.537. The molecule has 0 spiro atoms. The second-order valence-electron chi connectivity index (χ2n) is 16.7. The van der Waals surface area contributed by atoms with Crippen molar-refractivity contribution >= 4 is 58.3 Å². The van der Waals surface area contributed by atoms with Gasteiger partial charge >= 0.3 is 12.2 Å². The molecule has 0 bridgehead atoms. The molecule has 21 heteroatoms. The van der Waals surface area contributed by atoms with Crippen molar-refractivity contribution in [3.8, 4) is 0 Å². The van der Waals surface area contributed by atoms with Crippen molar-refractivity contribution in [2.45, 2.75) is 56.8 Å². The lowest BCUT2D eigenvalue weighted by Crippen LogP contribution is -2.49. The first-order valence-corrected chi connectivity index (χ1v) is 21.1. The highest BCUT2D eigenvalue weighted by molar-refractivity contribution is 6.01. The number of imide groups is 1. The number of nitrogens with one attached hydrogen (secondary N) is 3. The first-order chi connectivity index (χ1) is 29.7. The molecule has 8 rings (SSSR count). The number of primary amides is 1. The summed E-state index contributed by atoms with van der Waals surface area (Å²) in [5.74, 6) is -1.65. The lowest BCUT2D eigenvalue weighted by atomic mass is 9.94. The van der Waals surface area contributed by atoms with E-state index in [4.69, 9.17) is 5.73 Å². The summed E-state index contributed by atoms with van der Waals surface area (Å²) in [6, 6.07) is 7.91. The van der Waals surface area contributed by atoms with Gasteiger partial charge in [-0.3, -0.25) is 24.6 Å². The van der Waals surface area contributed by atoms with Gasteiger partial charge in [-0.1, -0.05) is 0 Å². The molecule has 62 heavy (non-hydrogen) atoms. The van der Waals surface area contributed by atoms with Gasteiger partial charge in [0.25, 0.3) is 5.91 Å². The molecule has 1 aromatic heterocycles. The predicted molar refractivity (Wildman–Crippen MR) is 223 cm³/mol. The van der Waals surface area contributed by atoms with Crippen LogP contribution in [0.5, 0.6) is 0 Å². The van der Waals surface area contributed by atoms with Gasteiger partial charge < -0.3 is 40.9 Å². The molecule has 5 fully saturated rings. The average Bonchev–Trinajstić information content (AvgIpc) is 3.59. The predicted octanol–water partition coefficient (Wildman–Crippen LogP) is 3.46. The highest BCUT2D eigenvalue weighted by Crippen LogP contribution is 2.40.